The third-order valence-corrected chi connectivity index (χ3v) is 4.20. The summed E-state index contributed by atoms with van der Waals surface area (Å²) in [6.07, 6.45) is 0.210. The summed E-state index contributed by atoms with van der Waals surface area (Å²) in [4.78, 5) is 14.8. The van der Waals surface area contributed by atoms with Crippen LogP contribution in [-0.2, 0) is 14.3 Å². The zero-order valence-corrected chi connectivity index (χ0v) is 9.85. The lowest BCUT2D eigenvalue weighted by Gasteiger charge is -2.15. The number of thioether (sulfide) groups is 1. The fourth-order valence-electron chi connectivity index (χ4n) is 2.04. The maximum Gasteiger partial charge on any atom is 0.294 e. The van der Waals surface area contributed by atoms with Gasteiger partial charge in [-0.1, -0.05) is 6.92 Å². The van der Waals surface area contributed by atoms with Crippen molar-refractivity contribution in [2.45, 2.75) is 36.9 Å². The van der Waals surface area contributed by atoms with Crippen LogP contribution in [0.15, 0.2) is 0 Å². The van der Waals surface area contributed by atoms with E-state index in [1.54, 1.807) is 11.8 Å². The summed E-state index contributed by atoms with van der Waals surface area (Å²) in [7, 11) is 0. The highest BCUT2D eigenvalue weighted by Crippen LogP contribution is 2.35. The molecule has 7 heteroatoms. The third-order valence-electron chi connectivity index (χ3n) is 2.72. The minimum absolute atomic E-state index is 0.0542. The van der Waals surface area contributed by atoms with Gasteiger partial charge in [-0.05, 0) is 12.2 Å². The van der Waals surface area contributed by atoms with Gasteiger partial charge >= 0.3 is 0 Å². The van der Waals surface area contributed by atoms with E-state index < -0.39 is 11.2 Å². The first-order chi connectivity index (χ1) is 7.72. The molecule has 2 heterocycles. The molecule has 0 saturated carbocycles. The van der Waals surface area contributed by atoms with Crippen LogP contribution in [0.5, 0.6) is 0 Å². The molecule has 0 unspecified atom stereocenters. The lowest BCUT2D eigenvalue weighted by molar-refractivity contribution is -0.769. The van der Waals surface area contributed by atoms with Crippen molar-refractivity contribution in [1.82, 2.24) is 0 Å². The molecule has 92 valence electrons. The summed E-state index contributed by atoms with van der Waals surface area (Å²) < 4.78 is 11.0. The Kier molecular flexibility index (Phi) is 3.88. The van der Waals surface area contributed by atoms with Crippen LogP contribution in [0.1, 0.15) is 13.3 Å². The van der Waals surface area contributed by atoms with Gasteiger partial charge in [0, 0.05) is 0 Å². The number of ether oxygens (including phenoxy) is 2. The van der Waals surface area contributed by atoms with Gasteiger partial charge < -0.3 is 14.3 Å². The third kappa shape index (κ3) is 2.41. The van der Waals surface area contributed by atoms with Crippen LogP contribution < -0.4 is 0 Å². The summed E-state index contributed by atoms with van der Waals surface area (Å²) >= 11 is 1.81. The molecule has 0 radical (unpaired) electrons. The summed E-state index contributed by atoms with van der Waals surface area (Å²) in [5.41, 5.74) is 0. The van der Waals surface area contributed by atoms with Crippen molar-refractivity contribution < 1.29 is 19.4 Å². The average Bonchev–Trinajstić information content (AvgIpc) is 2.78. The Morgan fingerprint density at radius 1 is 1.44 bits per heavy atom. The van der Waals surface area contributed by atoms with Crippen molar-refractivity contribution in [1.29, 1.82) is 0 Å². The maximum absolute atomic E-state index is 10.3. The molecule has 0 aromatic rings. The quantitative estimate of drug-likeness (QED) is 0.532. The Morgan fingerprint density at radius 2 is 2.19 bits per heavy atom. The molecular weight excluding hydrogens is 234 g/mol. The van der Waals surface area contributed by atoms with Gasteiger partial charge in [0.05, 0.1) is 18.5 Å². The van der Waals surface area contributed by atoms with Gasteiger partial charge in [-0.3, -0.25) is 0 Å². The lowest BCUT2D eigenvalue weighted by Crippen LogP contribution is -2.33. The Hall–Kier alpha value is -0.530. The number of nitrogens with zero attached hydrogens (tertiary/aromatic N) is 1. The molecule has 2 saturated heterocycles. The number of hydrogen-bond acceptors (Lipinski definition) is 6. The molecule has 0 amide bonds. The molecule has 6 nitrogen and oxygen atoms in total. The van der Waals surface area contributed by atoms with E-state index in [1.165, 1.54) is 0 Å². The predicted octanol–water partition coefficient (Wildman–Crippen LogP) is 0.873. The van der Waals surface area contributed by atoms with Gasteiger partial charge in [0.1, 0.15) is 12.2 Å². The molecule has 2 aliphatic heterocycles. The zero-order chi connectivity index (χ0) is 11.5. The highest BCUT2D eigenvalue weighted by molar-refractivity contribution is 8.00. The normalized spacial score (nSPS) is 37.3. The fraction of sp³-hybridized carbons (Fsp3) is 1.00. The van der Waals surface area contributed by atoms with Crippen LogP contribution in [-0.4, -0.2) is 47.6 Å². The highest BCUT2D eigenvalue weighted by Gasteiger charge is 2.49. The van der Waals surface area contributed by atoms with Crippen LogP contribution in [0.2, 0.25) is 0 Å². The lowest BCUT2D eigenvalue weighted by atomic mass is 10.1. The van der Waals surface area contributed by atoms with E-state index in [0.29, 0.717) is 6.61 Å². The highest BCUT2D eigenvalue weighted by atomic mass is 32.2. The Balaban J connectivity index is 1.87. The van der Waals surface area contributed by atoms with Crippen LogP contribution >= 0.6 is 11.8 Å². The molecule has 2 fully saturated rings. The van der Waals surface area contributed by atoms with E-state index in [-0.39, 0.29) is 24.1 Å². The van der Waals surface area contributed by atoms with E-state index >= 15 is 0 Å². The summed E-state index contributed by atoms with van der Waals surface area (Å²) in [6.45, 7) is 2.96. The molecule has 16 heavy (non-hydrogen) atoms. The van der Waals surface area contributed by atoms with E-state index in [1.807, 2.05) is 0 Å². The van der Waals surface area contributed by atoms with Gasteiger partial charge in [0.25, 0.3) is 5.09 Å². The van der Waals surface area contributed by atoms with Gasteiger partial charge in [-0.2, -0.15) is 11.8 Å². The topological polar surface area (TPSA) is 70.8 Å². The largest absolute Gasteiger partial charge is 0.372 e. The van der Waals surface area contributed by atoms with Crippen molar-refractivity contribution in [3.8, 4) is 0 Å². The van der Waals surface area contributed by atoms with E-state index in [9.17, 15) is 10.1 Å². The zero-order valence-electron chi connectivity index (χ0n) is 9.03. The van der Waals surface area contributed by atoms with Gasteiger partial charge in [0.2, 0.25) is 0 Å². The van der Waals surface area contributed by atoms with Crippen LogP contribution in [0.4, 0.5) is 0 Å². The summed E-state index contributed by atoms with van der Waals surface area (Å²) in [6, 6.07) is 0. The first kappa shape index (κ1) is 11.9. The molecule has 2 rings (SSSR count). The smallest absolute Gasteiger partial charge is 0.294 e. The minimum Gasteiger partial charge on any atom is -0.372 e. The maximum atomic E-state index is 10.3. The molecule has 0 aromatic heterocycles. The van der Waals surface area contributed by atoms with E-state index in [4.69, 9.17) is 9.47 Å². The number of hydrogen-bond donors (Lipinski definition) is 0. The monoisotopic (exact) mass is 249 g/mol. The number of rotatable bonds is 5. The average molecular weight is 249 g/mol. The second-order valence-electron chi connectivity index (χ2n) is 3.87. The Bertz CT molecular complexity index is 264. The first-order valence-electron chi connectivity index (χ1n) is 5.38. The van der Waals surface area contributed by atoms with Gasteiger partial charge in [0.15, 0.2) is 6.10 Å². The van der Waals surface area contributed by atoms with E-state index in [2.05, 4.69) is 11.8 Å². The van der Waals surface area contributed by atoms with Crippen LogP contribution in [0.25, 0.3) is 0 Å². The fourth-order valence-corrected chi connectivity index (χ4v) is 3.18. The SMILES string of the molecule is CCCS[C@H]1CO[C@H]2[C@@H]1OC[C@H]2O[N+](=O)[O-]. The molecule has 0 spiro atoms. The second-order valence-corrected chi connectivity index (χ2v) is 5.22. The van der Waals surface area contributed by atoms with Crippen molar-refractivity contribution in [3.63, 3.8) is 0 Å². The predicted molar refractivity (Wildman–Crippen MR) is 57.9 cm³/mol. The van der Waals surface area contributed by atoms with Crippen molar-refractivity contribution in [2.24, 2.45) is 0 Å². The molecule has 0 aromatic carbocycles. The van der Waals surface area contributed by atoms with E-state index in [0.717, 1.165) is 12.2 Å². The minimum atomic E-state index is -0.772. The first-order valence-corrected chi connectivity index (χ1v) is 6.43. The summed E-state index contributed by atoms with van der Waals surface area (Å²) in [5.74, 6) is 1.06. The second kappa shape index (κ2) is 5.20. The molecule has 0 bridgehead atoms. The molecule has 0 aliphatic carbocycles. The molecule has 2 aliphatic rings. The number of fused-ring (bicyclic) bond motifs is 1. The van der Waals surface area contributed by atoms with Gasteiger partial charge in [-0.15, -0.1) is 10.1 Å². The van der Waals surface area contributed by atoms with Crippen molar-refractivity contribution in [2.75, 3.05) is 19.0 Å². The molecule has 4 atom stereocenters. The summed E-state index contributed by atoms with van der Waals surface area (Å²) in [5, 5.41) is 9.78. The Morgan fingerprint density at radius 3 is 2.88 bits per heavy atom. The van der Waals surface area contributed by atoms with Crippen molar-refractivity contribution in [3.05, 3.63) is 10.1 Å². The van der Waals surface area contributed by atoms with Crippen molar-refractivity contribution >= 4 is 11.8 Å². The van der Waals surface area contributed by atoms with Crippen LogP contribution in [0, 0.1) is 10.1 Å². The molecule has 0 N–H and O–H groups in total. The molecular formula is C9H15NO5S. The van der Waals surface area contributed by atoms with Crippen LogP contribution in [0.3, 0.4) is 0 Å². The standard InChI is InChI=1S/C9H15NO5S/c1-2-3-16-7-5-14-8-6(15-10(11)12)4-13-9(7)8/h6-9H,2-5H2,1H3/t6-,7+,8-,9-/m1/s1. The Labute approximate surface area is 97.7 Å². The van der Waals surface area contributed by atoms with Gasteiger partial charge in [-0.25, -0.2) is 0 Å².